The number of nitrogens with one attached hydrogen (secondary N) is 1. The number of aromatic nitrogens is 2. The minimum atomic E-state index is -0.402. The van der Waals surface area contributed by atoms with Crippen LogP contribution in [-0.4, -0.2) is 15.7 Å². The van der Waals surface area contributed by atoms with Gasteiger partial charge in [0.1, 0.15) is 11.5 Å². The Morgan fingerprint density at radius 2 is 1.64 bits per heavy atom. The van der Waals surface area contributed by atoms with Gasteiger partial charge < -0.3 is 5.32 Å². The fourth-order valence-corrected chi connectivity index (χ4v) is 3.01. The summed E-state index contributed by atoms with van der Waals surface area (Å²) < 4.78 is 15.2. The summed E-state index contributed by atoms with van der Waals surface area (Å²) in [5.74, 6) is -0.732. The highest BCUT2D eigenvalue weighted by atomic mass is 19.1. The minimum Gasteiger partial charge on any atom is -0.322 e. The lowest BCUT2D eigenvalue weighted by Gasteiger charge is -2.05. The second kappa shape index (κ2) is 7.88. The number of nitrogens with zero attached hydrogens (tertiary/aromatic N) is 2. The van der Waals surface area contributed by atoms with Crippen molar-refractivity contribution in [1.29, 1.82) is 0 Å². The number of amides is 1. The first-order chi connectivity index (χ1) is 13.7. The van der Waals surface area contributed by atoms with Crippen molar-refractivity contribution < 1.29 is 9.18 Å². The monoisotopic (exact) mass is 371 g/mol. The Balaban J connectivity index is 1.68. The topological polar surface area (TPSA) is 46.9 Å². The van der Waals surface area contributed by atoms with Crippen LogP contribution in [0.25, 0.3) is 11.3 Å². The average molecular weight is 371 g/mol. The van der Waals surface area contributed by atoms with Crippen molar-refractivity contribution in [3.8, 4) is 11.3 Å². The molecule has 0 radical (unpaired) electrons. The number of halogens is 1. The van der Waals surface area contributed by atoms with Gasteiger partial charge in [0.25, 0.3) is 5.91 Å². The number of hydrogen-bond acceptors (Lipinski definition) is 2. The van der Waals surface area contributed by atoms with Crippen molar-refractivity contribution in [2.75, 3.05) is 5.32 Å². The minimum absolute atomic E-state index is 0.330. The third kappa shape index (κ3) is 3.99. The Morgan fingerprint density at radius 3 is 2.36 bits per heavy atom. The van der Waals surface area contributed by atoms with E-state index in [-0.39, 0.29) is 5.91 Å². The lowest BCUT2D eigenvalue weighted by molar-refractivity contribution is 0.102. The fourth-order valence-electron chi connectivity index (χ4n) is 3.01. The molecule has 3 aromatic carbocycles. The first kappa shape index (κ1) is 17.7. The molecule has 5 heteroatoms. The van der Waals surface area contributed by atoms with Gasteiger partial charge in [0, 0.05) is 17.4 Å². The van der Waals surface area contributed by atoms with Gasteiger partial charge in [-0.1, -0.05) is 66.7 Å². The maximum Gasteiger partial charge on any atom is 0.259 e. The van der Waals surface area contributed by atoms with E-state index in [2.05, 4.69) is 10.4 Å². The molecule has 0 saturated carbocycles. The smallest absolute Gasteiger partial charge is 0.259 e. The van der Waals surface area contributed by atoms with E-state index in [1.807, 2.05) is 60.7 Å². The summed E-state index contributed by atoms with van der Waals surface area (Å²) in [6.07, 6.45) is 1.73. The van der Waals surface area contributed by atoms with Crippen LogP contribution in [0, 0.1) is 5.82 Å². The summed E-state index contributed by atoms with van der Waals surface area (Å²) in [6.45, 7) is 0.550. The molecule has 0 unspecified atom stereocenters. The molecule has 0 bridgehead atoms. The predicted octanol–water partition coefficient (Wildman–Crippen LogP) is 4.99. The molecule has 28 heavy (non-hydrogen) atoms. The summed E-state index contributed by atoms with van der Waals surface area (Å²) in [7, 11) is 0. The zero-order valence-electron chi connectivity index (χ0n) is 15.0. The molecule has 0 atom stereocenters. The number of rotatable bonds is 5. The van der Waals surface area contributed by atoms with Crippen LogP contribution in [0.15, 0.2) is 91.1 Å². The van der Waals surface area contributed by atoms with E-state index in [9.17, 15) is 9.18 Å². The zero-order chi connectivity index (χ0) is 19.3. The molecule has 1 heterocycles. The summed E-state index contributed by atoms with van der Waals surface area (Å²) in [4.78, 5) is 12.9. The maximum atomic E-state index is 13.4. The molecule has 1 amide bonds. The summed E-state index contributed by atoms with van der Waals surface area (Å²) >= 11 is 0. The van der Waals surface area contributed by atoms with Crippen molar-refractivity contribution in [2.24, 2.45) is 0 Å². The third-order valence-corrected chi connectivity index (χ3v) is 4.32. The highest BCUT2D eigenvalue weighted by Crippen LogP contribution is 2.23. The Kier molecular flexibility index (Phi) is 4.97. The number of benzene rings is 3. The first-order valence-corrected chi connectivity index (χ1v) is 8.93. The molecule has 1 aromatic heterocycles. The molecule has 0 aliphatic carbocycles. The highest BCUT2D eigenvalue weighted by Gasteiger charge is 2.18. The van der Waals surface area contributed by atoms with Crippen molar-refractivity contribution in [2.45, 2.75) is 6.54 Å². The van der Waals surface area contributed by atoms with Crippen molar-refractivity contribution in [3.63, 3.8) is 0 Å². The number of hydrogen-bond donors (Lipinski definition) is 1. The molecule has 4 aromatic rings. The Hall–Kier alpha value is -3.73. The maximum absolute atomic E-state index is 13.4. The molecule has 4 nitrogen and oxygen atoms in total. The average Bonchev–Trinajstić information content (AvgIpc) is 3.13. The van der Waals surface area contributed by atoms with Crippen LogP contribution in [0.2, 0.25) is 0 Å². The Morgan fingerprint density at radius 1 is 0.929 bits per heavy atom. The van der Waals surface area contributed by atoms with Gasteiger partial charge in [-0.3, -0.25) is 9.48 Å². The van der Waals surface area contributed by atoms with Gasteiger partial charge in [0.05, 0.1) is 12.1 Å². The molecule has 0 saturated heterocycles. The number of carbonyl (C=O) groups excluding carboxylic acids is 1. The van der Waals surface area contributed by atoms with Crippen LogP contribution < -0.4 is 5.32 Å². The van der Waals surface area contributed by atoms with Crippen LogP contribution in [0.4, 0.5) is 10.1 Å². The lowest BCUT2D eigenvalue weighted by atomic mass is 10.1. The van der Waals surface area contributed by atoms with E-state index in [0.717, 1.165) is 11.1 Å². The third-order valence-electron chi connectivity index (χ3n) is 4.32. The molecular weight excluding hydrogens is 353 g/mol. The van der Waals surface area contributed by atoms with Crippen LogP contribution in [-0.2, 0) is 6.54 Å². The molecule has 0 aliphatic heterocycles. The molecule has 0 aliphatic rings. The largest absolute Gasteiger partial charge is 0.322 e. The molecule has 138 valence electrons. The van der Waals surface area contributed by atoms with Gasteiger partial charge in [0.15, 0.2) is 0 Å². The van der Waals surface area contributed by atoms with Crippen LogP contribution >= 0.6 is 0 Å². The number of carbonyl (C=O) groups is 1. The molecular formula is C23H18FN3O. The van der Waals surface area contributed by atoms with Crippen molar-refractivity contribution >= 4 is 11.6 Å². The first-order valence-electron chi connectivity index (χ1n) is 8.93. The Bertz CT molecular complexity index is 1090. The molecule has 0 spiro atoms. The standard InChI is InChI=1S/C23H18FN3O/c24-19-12-7-13-20(14-19)25-23(28)21-16-27(15-17-8-3-1-4-9-17)26-22(21)18-10-5-2-6-11-18/h1-14,16H,15H2,(H,25,28). The summed E-state index contributed by atoms with van der Waals surface area (Å²) in [6, 6.07) is 25.3. The van der Waals surface area contributed by atoms with E-state index >= 15 is 0 Å². The molecule has 1 N–H and O–H groups in total. The van der Waals surface area contributed by atoms with Crippen molar-refractivity contribution in [3.05, 3.63) is 108 Å². The normalized spacial score (nSPS) is 10.6. The second-order valence-electron chi connectivity index (χ2n) is 6.41. The lowest BCUT2D eigenvalue weighted by Crippen LogP contribution is -2.12. The van der Waals surface area contributed by atoms with Gasteiger partial charge in [-0.05, 0) is 23.8 Å². The van der Waals surface area contributed by atoms with Gasteiger partial charge in [0.2, 0.25) is 0 Å². The Labute approximate surface area is 162 Å². The van der Waals surface area contributed by atoms with Crippen LogP contribution in [0.1, 0.15) is 15.9 Å². The fraction of sp³-hybridized carbons (Fsp3) is 0.0435. The van der Waals surface area contributed by atoms with E-state index in [4.69, 9.17) is 0 Å². The number of anilines is 1. The van der Waals surface area contributed by atoms with Gasteiger partial charge >= 0.3 is 0 Å². The SMILES string of the molecule is O=C(Nc1cccc(F)c1)c1cn(Cc2ccccc2)nc1-c1ccccc1. The summed E-state index contributed by atoms with van der Waals surface area (Å²) in [5, 5.41) is 7.39. The van der Waals surface area contributed by atoms with E-state index in [1.165, 1.54) is 12.1 Å². The molecule has 4 rings (SSSR count). The summed E-state index contributed by atoms with van der Waals surface area (Å²) in [5.41, 5.74) is 3.36. The van der Waals surface area contributed by atoms with Crippen LogP contribution in [0.3, 0.4) is 0 Å². The quantitative estimate of drug-likeness (QED) is 0.537. The molecule has 0 fully saturated rings. The van der Waals surface area contributed by atoms with Gasteiger partial charge in [-0.2, -0.15) is 5.10 Å². The second-order valence-corrected chi connectivity index (χ2v) is 6.41. The van der Waals surface area contributed by atoms with E-state index < -0.39 is 5.82 Å². The van der Waals surface area contributed by atoms with E-state index in [1.54, 1.807) is 23.0 Å². The zero-order valence-corrected chi connectivity index (χ0v) is 15.0. The predicted molar refractivity (Wildman–Crippen MR) is 108 cm³/mol. The van der Waals surface area contributed by atoms with Crippen molar-refractivity contribution in [1.82, 2.24) is 9.78 Å². The van der Waals surface area contributed by atoms with Crippen LogP contribution in [0.5, 0.6) is 0 Å². The highest BCUT2D eigenvalue weighted by molar-refractivity contribution is 6.08. The van der Waals surface area contributed by atoms with Gasteiger partial charge in [-0.25, -0.2) is 4.39 Å². The van der Waals surface area contributed by atoms with E-state index in [0.29, 0.717) is 23.5 Å². The van der Waals surface area contributed by atoms with Gasteiger partial charge in [-0.15, -0.1) is 0 Å².